The molecule has 0 amide bonds. The molecule has 1 aliphatic heterocycles. The summed E-state index contributed by atoms with van der Waals surface area (Å²) in [6.07, 6.45) is 2.36. The van der Waals surface area contributed by atoms with Gasteiger partial charge in [-0.05, 0) is 42.5 Å². The molecule has 17 heavy (non-hydrogen) atoms. The first-order valence-corrected chi connectivity index (χ1v) is 6.66. The van der Waals surface area contributed by atoms with Gasteiger partial charge >= 0.3 is 0 Å². The van der Waals surface area contributed by atoms with Crippen molar-refractivity contribution in [1.29, 1.82) is 0 Å². The molecule has 0 saturated carbocycles. The largest absolute Gasteiger partial charge is 0.330 e. The number of rotatable bonds is 4. The second-order valence-corrected chi connectivity index (χ2v) is 5.60. The summed E-state index contributed by atoms with van der Waals surface area (Å²) >= 11 is 0. The minimum absolute atomic E-state index is 0.334. The number of nitrogens with two attached hydrogens (primary N) is 1. The van der Waals surface area contributed by atoms with Gasteiger partial charge in [0.05, 0.1) is 0 Å². The Labute approximate surface area is 105 Å². The maximum atomic E-state index is 5.85. The van der Waals surface area contributed by atoms with Crippen LogP contribution in [-0.4, -0.2) is 24.5 Å². The Morgan fingerprint density at radius 1 is 1.29 bits per heavy atom. The first-order chi connectivity index (χ1) is 8.17. The maximum absolute atomic E-state index is 5.85. The topological polar surface area (TPSA) is 29.3 Å². The zero-order valence-corrected chi connectivity index (χ0v) is 11.1. The lowest BCUT2D eigenvalue weighted by Crippen LogP contribution is -2.31. The van der Waals surface area contributed by atoms with Crippen molar-refractivity contribution in [3.63, 3.8) is 0 Å². The molecular formula is C15H24N2. The summed E-state index contributed by atoms with van der Waals surface area (Å²) < 4.78 is 0. The van der Waals surface area contributed by atoms with E-state index in [0.717, 1.165) is 26.1 Å². The molecule has 1 atom stereocenters. The fourth-order valence-electron chi connectivity index (χ4n) is 2.73. The highest BCUT2D eigenvalue weighted by molar-refractivity contribution is 5.27. The van der Waals surface area contributed by atoms with Crippen LogP contribution in [0.2, 0.25) is 0 Å². The first kappa shape index (κ1) is 12.6. The van der Waals surface area contributed by atoms with Gasteiger partial charge < -0.3 is 5.73 Å². The van der Waals surface area contributed by atoms with Gasteiger partial charge in [0.25, 0.3) is 0 Å². The van der Waals surface area contributed by atoms with Crippen LogP contribution in [0, 0.1) is 5.41 Å². The molecular weight excluding hydrogens is 208 g/mol. The molecule has 2 rings (SSSR count). The number of hydrogen-bond donors (Lipinski definition) is 1. The molecule has 1 heterocycles. The SMILES string of the molecule is CCc1ccccc1CN1CCC(C)(CN)C1. The number of hydrogen-bond acceptors (Lipinski definition) is 2. The summed E-state index contributed by atoms with van der Waals surface area (Å²) in [6.45, 7) is 8.75. The van der Waals surface area contributed by atoms with Gasteiger partial charge in [-0.25, -0.2) is 0 Å². The van der Waals surface area contributed by atoms with Crippen molar-refractivity contribution in [2.24, 2.45) is 11.1 Å². The lowest BCUT2D eigenvalue weighted by Gasteiger charge is -2.23. The molecule has 1 fully saturated rings. The third kappa shape index (κ3) is 2.88. The summed E-state index contributed by atoms with van der Waals surface area (Å²) in [5.74, 6) is 0. The summed E-state index contributed by atoms with van der Waals surface area (Å²) in [6, 6.07) is 8.79. The minimum Gasteiger partial charge on any atom is -0.330 e. The Bertz CT molecular complexity index is 375. The standard InChI is InChI=1S/C15H24N2/c1-3-13-6-4-5-7-14(13)10-17-9-8-15(2,11-16)12-17/h4-7H,3,8-12,16H2,1-2H3. The monoisotopic (exact) mass is 232 g/mol. The van der Waals surface area contributed by atoms with Gasteiger partial charge in [-0.3, -0.25) is 4.90 Å². The van der Waals surface area contributed by atoms with Crippen LogP contribution < -0.4 is 5.73 Å². The number of aryl methyl sites for hydroxylation is 1. The van der Waals surface area contributed by atoms with E-state index in [1.54, 1.807) is 0 Å². The van der Waals surface area contributed by atoms with Gasteiger partial charge in [0, 0.05) is 13.1 Å². The molecule has 1 saturated heterocycles. The fraction of sp³-hybridized carbons (Fsp3) is 0.600. The summed E-state index contributed by atoms with van der Waals surface area (Å²) in [5.41, 5.74) is 9.15. The highest BCUT2D eigenvalue weighted by atomic mass is 15.2. The molecule has 2 nitrogen and oxygen atoms in total. The van der Waals surface area contributed by atoms with E-state index in [-0.39, 0.29) is 0 Å². The molecule has 0 bridgehead atoms. The Balaban J connectivity index is 2.03. The lowest BCUT2D eigenvalue weighted by molar-refractivity contribution is 0.274. The second kappa shape index (κ2) is 5.19. The van der Waals surface area contributed by atoms with E-state index in [4.69, 9.17) is 5.73 Å². The van der Waals surface area contributed by atoms with Crippen LogP contribution in [0.1, 0.15) is 31.4 Å². The van der Waals surface area contributed by atoms with Gasteiger partial charge in [-0.2, -0.15) is 0 Å². The zero-order chi connectivity index (χ0) is 12.3. The van der Waals surface area contributed by atoms with Crippen LogP contribution in [-0.2, 0) is 13.0 Å². The van der Waals surface area contributed by atoms with Crippen molar-refractivity contribution < 1.29 is 0 Å². The van der Waals surface area contributed by atoms with Crippen molar-refractivity contribution in [2.45, 2.75) is 33.2 Å². The van der Waals surface area contributed by atoms with Gasteiger partial charge in [-0.15, -0.1) is 0 Å². The number of likely N-dealkylation sites (tertiary alicyclic amines) is 1. The van der Waals surface area contributed by atoms with Crippen LogP contribution in [0.15, 0.2) is 24.3 Å². The van der Waals surface area contributed by atoms with E-state index in [1.165, 1.54) is 24.1 Å². The van der Waals surface area contributed by atoms with Crippen LogP contribution in [0.5, 0.6) is 0 Å². The van der Waals surface area contributed by atoms with Crippen molar-refractivity contribution in [3.8, 4) is 0 Å². The molecule has 1 aromatic rings. The van der Waals surface area contributed by atoms with E-state index < -0.39 is 0 Å². The highest BCUT2D eigenvalue weighted by Crippen LogP contribution is 2.29. The van der Waals surface area contributed by atoms with E-state index in [2.05, 4.69) is 43.0 Å². The average molecular weight is 232 g/mol. The fourth-order valence-corrected chi connectivity index (χ4v) is 2.73. The third-order valence-corrected chi connectivity index (χ3v) is 4.02. The van der Waals surface area contributed by atoms with Crippen molar-refractivity contribution in [1.82, 2.24) is 4.90 Å². The molecule has 2 N–H and O–H groups in total. The minimum atomic E-state index is 0.334. The molecule has 1 aromatic carbocycles. The second-order valence-electron chi connectivity index (χ2n) is 5.60. The average Bonchev–Trinajstić information content (AvgIpc) is 2.73. The summed E-state index contributed by atoms with van der Waals surface area (Å²) in [7, 11) is 0. The third-order valence-electron chi connectivity index (χ3n) is 4.02. The highest BCUT2D eigenvalue weighted by Gasteiger charge is 2.32. The van der Waals surface area contributed by atoms with Crippen molar-refractivity contribution in [3.05, 3.63) is 35.4 Å². The first-order valence-electron chi connectivity index (χ1n) is 6.66. The Kier molecular flexibility index (Phi) is 3.85. The predicted molar refractivity (Wildman–Crippen MR) is 72.9 cm³/mol. The zero-order valence-electron chi connectivity index (χ0n) is 11.1. The maximum Gasteiger partial charge on any atom is 0.0236 e. The molecule has 0 aliphatic carbocycles. The quantitative estimate of drug-likeness (QED) is 0.864. The molecule has 0 aromatic heterocycles. The van der Waals surface area contributed by atoms with Crippen LogP contribution in [0.3, 0.4) is 0 Å². The molecule has 94 valence electrons. The van der Waals surface area contributed by atoms with Crippen molar-refractivity contribution >= 4 is 0 Å². The Morgan fingerprint density at radius 3 is 2.59 bits per heavy atom. The van der Waals surface area contributed by atoms with E-state index in [9.17, 15) is 0 Å². The molecule has 1 aliphatic rings. The lowest BCUT2D eigenvalue weighted by atomic mass is 9.90. The summed E-state index contributed by atoms with van der Waals surface area (Å²) in [4.78, 5) is 2.54. The van der Waals surface area contributed by atoms with E-state index in [0.29, 0.717) is 5.41 Å². The molecule has 1 unspecified atom stereocenters. The van der Waals surface area contributed by atoms with E-state index >= 15 is 0 Å². The smallest absolute Gasteiger partial charge is 0.0236 e. The molecule has 0 spiro atoms. The van der Waals surface area contributed by atoms with Gasteiger partial charge in [-0.1, -0.05) is 38.1 Å². The Morgan fingerprint density at radius 2 is 2.00 bits per heavy atom. The van der Waals surface area contributed by atoms with Gasteiger partial charge in [0.2, 0.25) is 0 Å². The van der Waals surface area contributed by atoms with Crippen LogP contribution in [0.4, 0.5) is 0 Å². The van der Waals surface area contributed by atoms with E-state index in [1.807, 2.05) is 0 Å². The van der Waals surface area contributed by atoms with Gasteiger partial charge in [0.15, 0.2) is 0 Å². The van der Waals surface area contributed by atoms with Crippen LogP contribution in [0.25, 0.3) is 0 Å². The Hall–Kier alpha value is -0.860. The number of benzene rings is 1. The van der Waals surface area contributed by atoms with Crippen molar-refractivity contribution in [2.75, 3.05) is 19.6 Å². The number of nitrogens with zero attached hydrogens (tertiary/aromatic N) is 1. The summed E-state index contributed by atoms with van der Waals surface area (Å²) in [5, 5.41) is 0. The predicted octanol–water partition coefficient (Wildman–Crippen LogP) is 2.42. The van der Waals surface area contributed by atoms with Gasteiger partial charge in [0.1, 0.15) is 0 Å². The molecule has 0 radical (unpaired) electrons. The normalized spacial score (nSPS) is 25.4. The van der Waals surface area contributed by atoms with Crippen LogP contribution >= 0.6 is 0 Å². The molecule has 2 heteroatoms.